The zero-order chi connectivity index (χ0) is 13.0. The molecule has 2 rings (SSSR count). The SMILES string of the molecule is CCN(c1ccncc1)S(=O)(=O)N1CCNCC1. The summed E-state index contributed by atoms with van der Waals surface area (Å²) in [6.45, 7) is 4.69. The van der Waals surface area contributed by atoms with Crippen molar-refractivity contribution in [2.45, 2.75) is 6.92 Å². The standard InChI is InChI=1S/C11H18N4O2S/c1-2-15(11-3-5-12-6-4-11)18(16,17)14-9-7-13-8-10-14/h3-6,13H,2,7-10H2,1H3. The third-order valence-electron chi connectivity index (χ3n) is 2.92. The maximum Gasteiger partial charge on any atom is 0.304 e. The Labute approximate surface area is 108 Å². The van der Waals surface area contributed by atoms with E-state index in [9.17, 15) is 8.42 Å². The van der Waals surface area contributed by atoms with Crippen molar-refractivity contribution in [2.24, 2.45) is 0 Å². The Hall–Kier alpha value is -1.18. The molecule has 0 saturated carbocycles. The molecule has 1 aliphatic heterocycles. The second-order valence-corrected chi connectivity index (χ2v) is 5.88. The zero-order valence-electron chi connectivity index (χ0n) is 10.4. The third-order valence-corrected chi connectivity index (χ3v) is 4.96. The Bertz CT molecular complexity index is 471. The van der Waals surface area contributed by atoms with Crippen LogP contribution in [0.5, 0.6) is 0 Å². The molecule has 18 heavy (non-hydrogen) atoms. The first kappa shape index (κ1) is 13.3. The van der Waals surface area contributed by atoms with Crippen molar-refractivity contribution < 1.29 is 8.42 Å². The van der Waals surface area contributed by atoms with E-state index in [1.54, 1.807) is 24.5 Å². The predicted octanol–water partition coefficient (Wildman–Crippen LogP) is 0.0579. The lowest BCUT2D eigenvalue weighted by Crippen LogP contribution is -2.51. The molecule has 0 aliphatic carbocycles. The van der Waals surface area contributed by atoms with Crippen LogP contribution >= 0.6 is 0 Å². The van der Waals surface area contributed by atoms with Gasteiger partial charge in [-0.25, -0.2) is 0 Å². The summed E-state index contributed by atoms with van der Waals surface area (Å²) in [5.41, 5.74) is 0.658. The first-order valence-corrected chi connectivity index (χ1v) is 7.44. The Morgan fingerprint density at radius 1 is 1.33 bits per heavy atom. The Balaban J connectivity index is 2.26. The van der Waals surface area contributed by atoms with Gasteiger partial charge in [0, 0.05) is 45.1 Å². The van der Waals surface area contributed by atoms with Gasteiger partial charge >= 0.3 is 10.2 Å². The Kier molecular flexibility index (Phi) is 4.15. The molecule has 7 heteroatoms. The van der Waals surface area contributed by atoms with Gasteiger partial charge in [-0.3, -0.25) is 9.29 Å². The van der Waals surface area contributed by atoms with E-state index in [-0.39, 0.29) is 0 Å². The molecule has 1 saturated heterocycles. The molecule has 100 valence electrons. The molecule has 1 N–H and O–H groups in total. The second-order valence-electron chi connectivity index (χ2n) is 4.03. The van der Waals surface area contributed by atoms with Crippen molar-refractivity contribution in [1.29, 1.82) is 0 Å². The zero-order valence-corrected chi connectivity index (χ0v) is 11.2. The number of pyridine rings is 1. The molecule has 0 radical (unpaired) electrons. The van der Waals surface area contributed by atoms with Crippen LogP contribution in [0, 0.1) is 0 Å². The third kappa shape index (κ3) is 2.63. The normalized spacial score (nSPS) is 17.6. The minimum Gasteiger partial charge on any atom is -0.314 e. The lowest BCUT2D eigenvalue weighted by molar-refractivity contribution is 0.359. The van der Waals surface area contributed by atoms with Gasteiger partial charge in [-0.1, -0.05) is 0 Å². The van der Waals surface area contributed by atoms with Gasteiger partial charge in [0.15, 0.2) is 0 Å². The number of hydrogen-bond donors (Lipinski definition) is 1. The molecule has 1 fully saturated rings. The van der Waals surface area contributed by atoms with Crippen molar-refractivity contribution in [2.75, 3.05) is 37.0 Å². The van der Waals surface area contributed by atoms with Crippen LogP contribution in [0.2, 0.25) is 0 Å². The Morgan fingerprint density at radius 3 is 2.50 bits per heavy atom. The highest BCUT2D eigenvalue weighted by Gasteiger charge is 2.29. The molecular weight excluding hydrogens is 252 g/mol. The van der Waals surface area contributed by atoms with Gasteiger partial charge < -0.3 is 5.32 Å². The molecule has 0 spiro atoms. The number of aromatic nitrogens is 1. The number of nitrogens with one attached hydrogen (secondary N) is 1. The van der Waals surface area contributed by atoms with Crippen LogP contribution in [0.3, 0.4) is 0 Å². The van der Waals surface area contributed by atoms with E-state index in [0.29, 0.717) is 38.4 Å². The minimum atomic E-state index is -3.43. The first-order valence-electron chi connectivity index (χ1n) is 6.05. The molecule has 2 heterocycles. The highest BCUT2D eigenvalue weighted by atomic mass is 32.2. The fourth-order valence-corrected chi connectivity index (χ4v) is 3.64. The van der Waals surface area contributed by atoms with Crippen LogP contribution < -0.4 is 9.62 Å². The Morgan fingerprint density at radius 2 is 1.94 bits per heavy atom. The first-order chi connectivity index (χ1) is 8.66. The van der Waals surface area contributed by atoms with E-state index in [1.807, 2.05) is 6.92 Å². The van der Waals surface area contributed by atoms with Gasteiger partial charge in [-0.2, -0.15) is 12.7 Å². The fraction of sp³-hybridized carbons (Fsp3) is 0.545. The predicted molar refractivity (Wildman–Crippen MR) is 70.6 cm³/mol. The molecule has 0 atom stereocenters. The summed E-state index contributed by atoms with van der Waals surface area (Å²) in [5.74, 6) is 0. The monoisotopic (exact) mass is 270 g/mol. The topological polar surface area (TPSA) is 65.5 Å². The van der Waals surface area contributed by atoms with Crippen molar-refractivity contribution in [3.05, 3.63) is 24.5 Å². The van der Waals surface area contributed by atoms with Gasteiger partial charge in [0.25, 0.3) is 0 Å². The molecule has 1 aromatic rings. The van der Waals surface area contributed by atoms with Crippen molar-refractivity contribution in [3.63, 3.8) is 0 Å². The molecule has 6 nitrogen and oxygen atoms in total. The summed E-state index contributed by atoms with van der Waals surface area (Å²) in [6, 6.07) is 3.42. The maximum atomic E-state index is 12.5. The van der Waals surface area contributed by atoms with Crippen LogP contribution in [0.1, 0.15) is 6.92 Å². The van der Waals surface area contributed by atoms with Gasteiger partial charge in [0.05, 0.1) is 5.69 Å². The molecule has 1 aromatic heterocycles. The summed E-state index contributed by atoms with van der Waals surface area (Å²) in [6.07, 6.45) is 3.20. The van der Waals surface area contributed by atoms with Crippen LogP contribution in [-0.2, 0) is 10.2 Å². The van der Waals surface area contributed by atoms with Gasteiger partial charge in [0.1, 0.15) is 0 Å². The number of hydrogen-bond acceptors (Lipinski definition) is 4. The van der Waals surface area contributed by atoms with Crippen LogP contribution in [-0.4, -0.2) is 50.4 Å². The summed E-state index contributed by atoms with van der Waals surface area (Å²) >= 11 is 0. The van der Waals surface area contributed by atoms with Crippen LogP contribution in [0.4, 0.5) is 5.69 Å². The molecular formula is C11H18N4O2S. The van der Waals surface area contributed by atoms with E-state index < -0.39 is 10.2 Å². The number of piperazine rings is 1. The second kappa shape index (κ2) is 5.64. The average molecular weight is 270 g/mol. The average Bonchev–Trinajstić information content (AvgIpc) is 2.41. The largest absolute Gasteiger partial charge is 0.314 e. The lowest BCUT2D eigenvalue weighted by atomic mass is 10.4. The highest BCUT2D eigenvalue weighted by Crippen LogP contribution is 2.19. The van der Waals surface area contributed by atoms with E-state index in [0.717, 1.165) is 0 Å². The number of rotatable bonds is 4. The van der Waals surface area contributed by atoms with Gasteiger partial charge in [0.2, 0.25) is 0 Å². The van der Waals surface area contributed by atoms with E-state index >= 15 is 0 Å². The molecule has 0 bridgehead atoms. The van der Waals surface area contributed by atoms with Crippen LogP contribution in [0.25, 0.3) is 0 Å². The summed E-state index contributed by atoms with van der Waals surface area (Å²) in [7, 11) is -3.43. The van der Waals surface area contributed by atoms with Crippen LogP contribution in [0.15, 0.2) is 24.5 Å². The van der Waals surface area contributed by atoms with E-state index in [4.69, 9.17) is 0 Å². The van der Waals surface area contributed by atoms with Crippen molar-refractivity contribution in [3.8, 4) is 0 Å². The van der Waals surface area contributed by atoms with E-state index in [2.05, 4.69) is 10.3 Å². The van der Waals surface area contributed by atoms with Gasteiger partial charge in [-0.15, -0.1) is 0 Å². The molecule has 0 aromatic carbocycles. The van der Waals surface area contributed by atoms with Crippen molar-refractivity contribution >= 4 is 15.9 Å². The summed E-state index contributed by atoms with van der Waals surface area (Å²) < 4.78 is 28.0. The van der Waals surface area contributed by atoms with Crippen molar-refractivity contribution in [1.82, 2.24) is 14.6 Å². The molecule has 1 aliphatic rings. The summed E-state index contributed by atoms with van der Waals surface area (Å²) in [4.78, 5) is 3.91. The smallest absolute Gasteiger partial charge is 0.304 e. The number of nitrogens with zero attached hydrogens (tertiary/aromatic N) is 3. The number of anilines is 1. The minimum absolute atomic E-state index is 0.413. The van der Waals surface area contributed by atoms with Gasteiger partial charge in [-0.05, 0) is 19.1 Å². The van der Waals surface area contributed by atoms with E-state index in [1.165, 1.54) is 8.61 Å². The maximum absolute atomic E-state index is 12.5. The fourth-order valence-electron chi connectivity index (χ4n) is 2.00. The quantitative estimate of drug-likeness (QED) is 0.840. The summed E-state index contributed by atoms with van der Waals surface area (Å²) in [5, 5.41) is 3.15. The molecule has 0 unspecified atom stereocenters. The highest BCUT2D eigenvalue weighted by molar-refractivity contribution is 7.90. The lowest BCUT2D eigenvalue weighted by Gasteiger charge is -2.32. The molecule has 0 amide bonds.